The molecular weight excluding hydrogens is 296 g/mol. The van der Waals surface area contributed by atoms with Crippen molar-refractivity contribution in [2.75, 3.05) is 0 Å². The SMILES string of the molecule is N#Cc1cn(Cc2nnsc2Cl)c2ccccc2c1=O. The molecular formula is C13H7ClN4OS. The van der Waals surface area contributed by atoms with Crippen molar-refractivity contribution >= 4 is 34.0 Å². The Morgan fingerprint density at radius 3 is 2.90 bits per heavy atom. The van der Waals surface area contributed by atoms with Crippen LogP contribution < -0.4 is 5.43 Å². The first kappa shape index (κ1) is 12.8. The normalized spacial score (nSPS) is 10.6. The number of hydrogen-bond acceptors (Lipinski definition) is 5. The predicted molar refractivity (Wildman–Crippen MR) is 76.9 cm³/mol. The zero-order valence-electron chi connectivity index (χ0n) is 10.1. The minimum Gasteiger partial charge on any atom is -0.340 e. The van der Waals surface area contributed by atoms with Crippen LogP contribution in [0.25, 0.3) is 10.9 Å². The predicted octanol–water partition coefficient (Wildman–Crippen LogP) is 2.43. The van der Waals surface area contributed by atoms with E-state index >= 15 is 0 Å². The minimum atomic E-state index is -0.262. The first-order valence-electron chi connectivity index (χ1n) is 5.69. The number of hydrogen-bond donors (Lipinski definition) is 0. The number of fused-ring (bicyclic) bond motifs is 1. The molecule has 7 heteroatoms. The molecule has 0 aliphatic heterocycles. The summed E-state index contributed by atoms with van der Waals surface area (Å²) >= 11 is 7.11. The smallest absolute Gasteiger partial charge is 0.207 e. The van der Waals surface area contributed by atoms with Gasteiger partial charge in [-0.1, -0.05) is 28.2 Å². The molecule has 5 nitrogen and oxygen atoms in total. The van der Waals surface area contributed by atoms with Gasteiger partial charge in [-0.2, -0.15) is 5.26 Å². The second-order valence-electron chi connectivity index (χ2n) is 4.12. The molecule has 0 radical (unpaired) electrons. The summed E-state index contributed by atoms with van der Waals surface area (Å²) in [6.07, 6.45) is 1.53. The standard InChI is InChI=1S/C13H7ClN4OS/c14-13-10(16-17-20-13)7-18-6-8(5-15)12(19)9-3-1-2-4-11(9)18/h1-4,6H,7H2. The van der Waals surface area contributed by atoms with E-state index in [0.717, 1.165) is 17.0 Å². The highest BCUT2D eigenvalue weighted by Crippen LogP contribution is 2.20. The Hall–Kier alpha value is -2.23. The highest BCUT2D eigenvalue weighted by atomic mass is 35.5. The lowest BCUT2D eigenvalue weighted by Crippen LogP contribution is -2.13. The van der Waals surface area contributed by atoms with Gasteiger partial charge in [-0.15, -0.1) is 5.10 Å². The van der Waals surface area contributed by atoms with Gasteiger partial charge in [0.15, 0.2) is 0 Å². The van der Waals surface area contributed by atoms with Crippen molar-refractivity contribution in [3.8, 4) is 6.07 Å². The van der Waals surface area contributed by atoms with Crippen LogP contribution in [0, 0.1) is 11.3 Å². The Morgan fingerprint density at radius 2 is 2.20 bits per heavy atom. The number of nitriles is 1. The summed E-state index contributed by atoms with van der Waals surface area (Å²) in [5.41, 5.74) is 1.19. The summed E-state index contributed by atoms with van der Waals surface area (Å²) in [6.45, 7) is 0.366. The van der Waals surface area contributed by atoms with Crippen LogP contribution in [0.3, 0.4) is 0 Å². The first-order chi connectivity index (χ1) is 9.70. The van der Waals surface area contributed by atoms with E-state index in [1.165, 1.54) is 6.20 Å². The quantitative estimate of drug-likeness (QED) is 0.729. The number of pyridine rings is 1. The van der Waals surface area contributed by atoms with E-state index in [0.29, 0.717) is 22.0 Å². The van der Waals surface area contributed by atoms with Crippen LogP contribution in [0.5, 0.6) is 0 Å². The fraction of sp³-hybridized carbons (Fsp3) is 0.0769. The Kier molecular flexibility index (Phi) is 3.22. The van der Waals surface area contributed by atoms with Crippen LogP contribution >= 0.6 is 23.1 Å². The first-order valence-corrected chi connectivity index (χ1v) is 6.85. The van der Waals surface area contributed by atoms with Gasteiger partial charge in [-0.05, 0) is 12.1 Å². The summed E-state index contributed by atoms with van der Waals surface area (Å²) in [7, 11) is 0. The van der Waals surface area contributed by atoms with Gasteiger partial charge in [0.25, 0.3) is 0 Å². The number of rotatable bonds is 2. The third-order valence-corrected chi connectivity index (χ3v) is 3.92. The number of aromatic nitrogens is 3. The molecule has 0 aliphatic rings. The average Bonchev–Trinajstić information content (AvgIpc) is 2.87. The van der Waals surface area contributed by atoms with Crippen LogP contribution in [0.4, 0.5) is 0 Å². The number of benzene rings is 1. The summed E-state index contributed by atoms with van der Waals surface area (Å²) in [4.78, 5) is 12.1. The van der Waals surface area contributed by atoms with Crippen molar-refractivity contribution in [1.82, 2.24) is 14.2 Å². The Labute approximate surface area is 122 Å². The van der Waals surface area contributed by atoms with E-state index in [9.17, 15) is 4.79 Å². The molecule has 98 valence electrons. The Balaban J connectivity index is 2.25. The van der Waals surface area contributed by atoms with Gasteiger partial charge in [-0.25, -0.2) is 0 Å². The van der Waals surface area contributed by atoms with E-state index in [1.54, 1.807) is 16.7 Å². The second-order valence-corrected chi connectivity index (χ2v) is 5.48. The van der Waals surface area contributed by atoms with Crippen LogP contribution in [-0.4, -0.2) is 14.2 Å². The van der Waals surface area contributed by atoms with Gasteiger partial charge in [0, 0.05) is 23.1 Å². The molecule has 20 heavy (non-hydrogen) atoms. The molecule has 1 aromatic carbocycles. The molecule has 0 spiro atoms. The molecule has 0 N–H and O–H groups in total. The van der Waals surface area contributed by atoms with Crippen molar-refractivity contribution in [2.45, 2.75) is 6.54 Å². The van der Waals surface area contributed by atoms with E-state index < -0.39 is 0 Å². The topological polar surface area (TPSA) is 71.6 Å². The Bertz CT molecular complexity index is 893. The van der Waals surface area contributed by atoms with Gasteiger partial charge < -0.3 is 4.57 Å². The maximum absolute atomic E-state index is 12.1. The molecule has 0 saturated carbocycles. The largest absolute Gasteiger partial charge is 0.340 e. The van der Waals surface area contributed by atoms with Crippen molar-refractivity contribution < 1.29 is 0 Å². The molecule has 3 rings (SSSR count). The third-order valence-electron chi connectivity index (χ3n) is 2.94. The molecule has 0 amide bonds. The maximum atomic E-state index is 12.1. The Morgan fingerprint density at radius 1 is 1.40 bits per heavy atom. The average molecular weight is 303 g/mol. The molecule has 0 unspecified atom stereocenters. The fourth-order valence-corrected chi connectivity index (χ4v) is 2.62. The van der Waals surface area contributed by atoms with Gasteiger partial charge in [0.05, 0.1) is 12.1 Å². The molecule has 3 aromatic rings. The molecule has 0 aliphatic carbocycles. The van der Waals surface area contributed by atoms with Crippen LogP contribution in [0.15, 0.2) is 35.3 Å². The highest BCUT2D eigenvalue weighted by Gasteiger charge is 2.11. The lowest BCUT2D eigenvalue weighted by Gasteiger charge is -2.10. The maximum Gasteiger partial charge on any atom is 0.207 e. The van der Waals surface area contributed by atoms with Crippen molar-refractivity contribution in [3.63, 3.8) is 0 Å². The number of halogens is 1. The minimum absolute atomic E-state index is 0.100. The summed E-state index contributed by atoms with van der Waals surface area (Å²) in [5, 5.41) is 13.5. The fourth-order valence-electron chi connectivity index (χ4n) is 2.01. The van der Waals surface area contributed by atoms with E-state index in [2.05, 4.69) is 9.59 Å². The van der Waals surface area contributed by atoms with Gasteiger partial charge in [0.2, 0.25) is 5.43 Å². The number of nitrogens with zero attached hydrogens (tertiary/aromatic N) is 4. The second kappa shape index (κ2) is 5.04. The lowest BCUT2D eigenvalue weighted by molar-refractivity contribution is 0.790. The van der Waals surface area contributed by atoms with E-state index in [4.69, 9.17) is 16.9 Å². The van der Waals surface area contributed by atoms with Crippen molar-refractivity contribution in [2.24, 2.45) is 0 Å². The summed E-state index contributed by atoms with van der Waals surface area (Å²) < 4.78 is 6.07. The van der Waals surface area contributed by atoms with E-state index in [-0.39, 0.29) is 11.0 Å². The van der Waals surface area contributed by atoms with Crippen molar-refractivity contribution in [1.29, 1.82) is 5.26 Å². The highest BCUT2D eigenvalue weighted by molar-refractivity contribution is 7.10. The number of para-hydroxylation sites is 1. The zero-order chi connectivity index (χ0) is 14.1. The van der Waals surface area contributed by atoms with Crippen LogP contribution in [0.2, 0.25) is 4.34 Å². The summed E-state index contributed by atoms with van der Waals surface area (Å²) in [6, 6.07) is 9.06. The lowest BCUT2D eigenvalue weighted by atomic mass is 10.1. The molecule has 0 bridgehead atoms. The molecule has 0 fully saturated rings. The summed E-state index contributed by atoms with van der Waals surface area (Å²) in [5.74, 6) is 0. The van der Waals surface area contributed by atoms with Crippen LogP contribution in [0.1, 0.15) is 11.3 Å². The molecule has 2 aromatic heterocycles. The van der Waals surface area contributed by atoms with Crippen molar-refractivity contribution in [3.05, 3.63) is 56.3 Å². The molecule has 0 saturated heterocycles. The van der Waals surface area contributed by atoms with Gasteiger partial charge >= 0.3 is 0 Å². The molecule has 0 atom stereocenters. The van der Waals surface area contributed by atoms with Gasteiger partial charge in [-0.3, -0.25) is 4.79 Å². The van der Waals surface area contributed by atoms with Crippen LogP contribution in [-0.2, 0) is 6.54 Å². The third kappa shape index (κ3) is 2.07. The van der Waals surface area contributed by atoms with E-state index in [1.807, 2.05) is 18.2 Å². The zero-order valence-corrected chi connectivity index (χ0v) is 11.6. The van der Waals surface area contributed by atoms with Gasteiger partial charge in [0.1, 0.15) is 21.7 Å². The molecule has 2 heterocycles. The monoisotopic (exact) mass is 302 g/mol.